The van der Waals surface area contributed by atoms with Crippen molar-refractivity contribution in [3.8, 4) is 0 Å². The monoisotopic (exact) mass is 301 g/mol. The summed E-state index contributed by atoms with van der Waals surface area (Å²) in [6.07, 6.45) is 3.94. The highest BCUT2D eigenvalue weighted by atomic mass is 15.2. The maximum absolute atomic E-state index is 2.70. The minimum atomic E-state index is 0.254. The summed E-state index contributed by atoms with van der Waals surface area (Å²) < 4.78 is 0. The molecule has 2 rings (SSSR count). The Balaban J connectivity index is 1.88. The first-order valence-electron chi connectivity index (χ1n) is 9.09. The zero-order valence-electron chi connectivity index (χ0n) is 15.5. The van der Waals surface area contributed by atoms with E-state index in [4.69, 9.17) is 0 Å². The number of likely N-dealkylation sites (tertiary alicyclic amines) is 1. The van der Waals surface area contributed by atoms with E-state index in [9.17, 15) is 0 Å². The maximum atomic E-state index is 2.70. The van der Waals surface area contributed by atoms with Crippen molar-refractivity contribution in [3.63, 3.8) is 0 Å². The van der Waals surface area contributed by atoms with E-state index in [1.54, 1.807) is 0 Å². The summed E-state index contributed by atoms with van der Waals surface area (Å²) >= 11 is 0. The Morgan fingerprint density at radius 2 is 1.77 bits per heavy atom. The molecular weight excluding hydrogens is 266 g/mol. The fourth-order valence-corrected chi connectivity index (χ4v) is 3.74. The van der Waals surface area contributed by atoms with E-state index < -0.39 is 0 Å². The van der Waals surface area contributed by atoms with Crippen LogP contribution in [0.2, 0.25) is 0 Å². The second-order valence-electron chi connectivity index (χ2n) is 8.73. The molecular formula is C21H35N. The van der Waals surface area contributed by atoms with Gasteiger partial charge in [-0.1, -0.05) is 58.9 Å². The highest BCUT2D eigenvalue weighted by Crippen LogP contribution is 2.25. The summed E-state index contributed by atoms with van der Waals surface area (Å²) in [5.74, 6) is 1.64. The molecule has 0 amide bonds. The molecule has 1 aromatic rings. The number of nitrogens with zero attached hydrogens (tertiary/aromatic N) is 1. The highest BCUT2D eigenvalue weighted by molar-refractivity contribution is 5.27. The van der Waals surface area contributed by atoms with Gasteiger partial charge in [0.2, 0.25) is 0 Å². The molecule has 1 aliphatic heterocycles. The van der Waals surface area contributed by atoms with Gasteiger partial charge in [-0.15, -0.1) is 0 Å². The Morgan fingerprint density at radius 1 is 1.14 bits per heavy atom. The lowest BCUT2D eigenvalue weighted by atomic mass is 9.86. The first-order valence-corrected chi connectivity index (χ1v) is 9.09. The number of hydrogen-bond donors (Lipinski definition) is 0. The number of piperidine rings is 1. The van der Waals surface area contributed by atoms with Crippen molar-refractivity contribution in [1.82, 2.24) is 4.90 Å². The van der Waals surface area contributed by atoms with Crippen LogP contribution in [0.1, 0.15) is 65.5 Å². The topological polar surface area (TPSA) is 3.24 Å². The van der Waals surface area contributed by atoms with E-state index in [1.165, 1.54) is 43.5 Å². The SMILES string of the molecule is CC1CCN(CC(C)Cc2ccc(C(C)(C)C)cc2)C(C)C1. The van der Waals surface area contributed by atoms with Crippen LogP contribution in [-0.4, -0.2) is 24.0 Å². The molecule has 1 fully saturated rings. The molecule has 0 aliphatic carbocycles. The van der Waals surface area contributed by atoms with Gasteiger partial charge in [0.1, 0.15) is 0 Å². The van der Waals surface area contributed by atoms with Crippen LogP contribution in [0.25, 0.3) is 0 Å². The molecule has 1 heterocycles. The van der Waals surface area contributed by atoms with Gasteiger partial charge < -0.3 is 4.90 Å². The minimum Gasteiger partial charge on any atom is -0.300 e. The summed E-state index contributed by atoms with van der Waals surface area (Å²) in [7, 11) is 0. The predicted octanol–water partition coefficient (Wildman–Crippen LogP) is 5.28. The van der Waals surface area contributed by atoms with Crippen molar-refractivity contribution >= 4 is 0 Å². The number of benzene rings is 1. The Labute approximate surface area is 138 Å². The summed E-state index contributed by atoms with van der Waals surface area (Å²) in [6, 6.07) is 10.0. The average molecular weight is 302 g/mol. The zero-order chi connectivity index (χ0) is 16.3. The standard InChI is InChI=1S/C21H35N/c1-16-11-12-22(18(3)13-16)15-17(2)14-19-7-9-20(10-8-19)21(4,5)6/h7-10,16-18H,11-15H2,1-6H3. The average Bonchev–Trinajstić information content (AvgIpc) is 2.41. The first-order chi connectivity index (χ1) is 10.3. The molecule has 22 heavy (non-hydrogen) atoms. The molecule has 1 saturated heterocycles. The Hall–Kier alpha value is -0.820. The molecule has 1 aromatic carbocycles. The predicted molar refractivity (Wildman–Crippen MR) is 97.4 cm³/mol. The zero-order valence-corrected chi connectivity index (χ0v) is 15.5. The summed E-state index contributed by atoms with van der Waals surface area (Å²) in [5.41, 5.74) is 3.17. The third-order valence-electron chi connectivity index (χ3n) is 5.23. The molecule has 0 bridgehead atoms. The molecule has 0 saturated carbocycles. The molecule has 0 aromatic heterocycles. The number of rotatable bonds is 4. The van der Waals surface area contributed by atoms with Crippen molar-refractivity contribution in [1.29, 1.82) is 0 Å². The van der Waals surface area contributed by atoms with Gasteiger partial charge >= 0.3 is 0 Å². The lowest BCUT2D eigenvalue weighted by molar-refractivity contribution is 0.112. The fourth-order valence-electron chi connectivity index (χ4n) is 3.74. The maximum Gasteiger partial charge on any atom is 0.00695 e. The van der Waals surface area contributed by atoms with Crippen molar-refractivity contribution in [3.05, 3.63) is 35.4 Å². The molecule has 124 valence electrons. The van der Waals surface area contributed by atoms with Gasteiger partial charge in [-0.25, -0.2) is 0 Å². The van der Waals surface area contributed by atoms with Crippen molar-refractivity contribution in [2.45, 2.75) is 72.3 Å². The van der Waals surface area contributed by atoms with E-state index in [2.05, 4.69) is 70.7 Å². The van der Waals surface area contributed by atoms with Crippen LogP contribution in [0.5, 0.6) is 0 Å². The van der Waals surface area contributed by atoms with E-state index in [0.717, 1.165) is 17.9 Å². The van der Waals surface area contributed by atoms with Gasteiger partial charge in [0.05, 0.1) is 0 Å². The third-order valence-corrected chi connectivity index (χ3v) is 5.23. The van der Waals surface area contributed by atoms with E-state index in [-0.39, 0.29) is 5.41 Å². The highest BCUT2D eigenvalue weighted by Gasteiger charge is 2.24. The quantitative estimate of drug-likeness (QED) is 0.731. The number of hydrogen-bond acceptors (Lipinski definition) is 1. The molecule has 1 heteroatoms. The molecule has 0 radical (unpaired) electrons. The van der Waals surface area contributed by atoms with Gasteiger partial charge in [-0.05, 0) is 61.1 Å². The van der Waals surface area contributed by atoms with Gasteiger partial charge in [-0.3, -0.25) is 0 Å². The Kier molecular flexibility index (Phi) is 5.71. The van der Waals surface area contributed by atoms with Crippen LogP contribution in [0.4, 0.5) is 0 Å². The Morgan fingerprint density at radius 3 is 2.32 bits per heavy atom. The van der Waals surface area contributed by atoms with Crippen LogP contribution in [-0.2, 0) is 11.8 Å². The summed E-state index contributed by atoms with van der Waals surface area (Å²) in [6.45, 7) is 16.6. The van der Waals surface area contributed by atoms with Gasteiger partial charge in [0.25, 0.3) is 0 Å². The molecule has 0 spiro atoms. The van der Waals surface area contributed by atoms with Gasteiger partial charge in [-0.2, -0.15) is 0 Å². The van der Waals surface area contributed by atoms with E-state index in [0.29, 0.717) is 0 Å². The van der Waals surface area contributed by atoms with E-state index >= 15 is 0 Å². The first kappa shape index (κ1) is 17.5. The lowest BCUT2D eigenvalue weighted by Crippen LogP contribution is -2.42. The summed E-state index contributed by atoms with van der Waals surface area (Å²) in [4.78, 5) is 2.70. The minimum absolute atomic E-state index is 0.254. The molecule has 3 atom stereocenters. The largest absolute Gasteiger partial charge is 0.300 e. The third kappa shape index (κ3) is 4.84. The molecule has 0 N–H and O–H groups in total. The van der Waals surface area contributed by atoms with Crippen molar-refractivity contribution < 1.29 is 0 Å². The molecule has 1 aliphatic rings. The van der Waals surface area contributed by atoms with E-state index in [1.807, 2.05) is 0 Å². The fraction of sp³-hybridized carbons (Fsp3) is 0.714. The van der Waals surface area contributed by atoms with Crippen molar-refractivity contribution in [2.24, 2.45) is 11.8 Å². The normalized spacial score (nSPS) is 25.2. The summed E-state index contributed by atoms with van der Waals surface area (Å²) in [5, 5.41) is 0. The second kappa shape index (κ2) is 7.17. The molecule has 3 unspecified atom stereocenters. The van der Waals surface area contributed by atoms with Crippen LogP contribution in [0.15, 0.2) is 24.3 Å². The van der Waals surface area contributed by atoms with Crippen LogP contribution in [0, 0.1) is 11.8 Å². The smallest absolute Gasteiger partial charge is 0.00695 e. The van der Waals surface area contributed by atoms with Gasteiger partial charge in [0, 0.05) is 12.6 Å². The second-order valence-corrected chi connectivity index (χ2v) is 8.73. The van der Waals surface area contributed by atoms with Crippen LogP contribution >= 0.6 is 0 Å². The van der Waals surface area contributed by atoms with Gasteiger partial charge in [0.15, 0.2) is 0 Å². The van der Waals surface area contributed by atoms with Crippen molar-refractivity contribution in [2.75, 3.05) is 13.1 Å². The van der Waals surface area contributed by atoms with Crippen LogP contribution in [0.3, 0.4) is 0 Å². The molecule has 1 nitrogen and oxygen atoms in total. The Bertz CT molecular complexity index is 454. The lowest BCUT2D eigenvalue weighted by Gasteiger charge is -2.38. The van der Waals surface area contributed by atoms with Crippen LogP contribution < -0.4 is 0 Å².